The van der Waals surface area contributed by atoms with E-state index in [2.05, 4.69) is 4.74 Å². The lowest BCUT2D eigenvalue weighted by atomic mass is 10.1. The third-order valence-electron chi connectivity index (χ3n) is 2.39. The van der Waals surface area contributed by atoms with E-state index in [1.165, 1.54) is 12.1 Å². The number of hydrogen-bond donors (Lipinski definition) is 1. The Bertz CT molecular complexity index is 421. The van der Waals surface area contributed by atoms with Gasteiger partial charge in [0.2, 0.25) is 0 Å². The van der Waals surface area contributed by atoms with Crippen molar-refractivity contribution in [3.05, 3.63) is 35.1 Å². The Morgan fingerprint density at radius 3 is 2.67 bits per heavy atom. The molecule has 5 heteroatoms. The van der Waals surface area contributed by atoms with Gasteiger partial charge in [-0.2, -0.15) is 0 Å². The van der Waals surface area contributed by atoms with Gasteiger partial charge >= 0.3 is 5.97 Å². The van der Waals surface area contributed by atoms with E-state index in [1.807, 2.05) is 19.0 Å². The summed E-state index contributed by atoms with van der Waals surface area (Å²) in [6, 6.07) is 4.26. The maximum absolute atomic E-state index is 13.7. The number of nitrogens with zero attached hydrogens (tertiary/aromatic N) is 1. The largest absolute Gasteiger partial charge is 0.464 e. The van der Waals surface area contributed by atoms with Crippen LogP contribution >= 0.6 is 0 Å². The van der Waals surface area contributed by atoms with Crippen molar-refractivity contribution in [2.45, 2.75) is 19.6 Å². The van der Waals surface area contributed by atoms with Crippen molar-refractivity contribution in [3.8, 4) is 0 Å². The maximum atomic E-state index is 13.7. The third kappa shape index (κ3) is 3.78. The van der Waals surface area contributed by atoms with Crippen LogP contribution in [0.2, 0.25) is 0 Å². The number of hydrogen-bond acceptors (Lipinski definition) is 4. The van der Waals surface area contributed by atoms with Crippen LogP contribution in [0.5, 0.6) is 0 Å². The molecule has 0 heterocycles. The minimum absolute atomic E-state index is 0.178. The van der Waals surface area contributed by atoms with Crippen LogP contribution in [0.4, 0.5) is 4.39 Å². The van der Waals surface area contributed by atoms with Crippen molar-refractivity contribution in [3.63, 3.8) is 0 Å². The lowest BCUT2D eigenvalue weighted by Crippen LogP contribution is -2.16. The molecule has 1 N–H and O–H groups in total. The van der Waals surface area contributed by atoms with Crippen LogP contribution in [0.3, 0.4) is 0 Å². The number of rotatable bonds is 5. The highest BCUT2D eigenvalue weighted by molar-refractivity contribution is 5.76. The molecule has 1 unspecified atom stereocenters. The SMILES string of the molecule is CCOC(=O)C(O)c1ccc(CN(C)C)c(F)c1. The monoisotopic (exact) mass is 255 g/mol. The molecular formula is C13H18FNO3. The maximum Gasteiger partial charge on any atom is 0.339 e. The number of carbonyl (C=O) groups excluding carboxylic acids is 1. The van der Waals surface area contributed by atoms with Gasteiger partial charge in [-0.05, 0) is 32.6 Å². The van der Waals surface area contributed by atoms with Crippen LogP contribution < -0.4 is 0 Å². The van der Waals surface area contributed by atoms with E-state index in [9.17, 15) is 14.3 Å². The highest BCUT2D eigenvalue weighted by Crippen LogP contribution is 2.19. The fourth-order valence-electron chi connectivity index (χ4n) is 1.56. The highest BCUT2D eigenvalue weighted by atomic mass is 19.1. The summed E-state index contributed by atoms with van der Waals surface area (Å²) in [5.41, 5.74) is 0.716. The zero-order valence-electron chi connectivity index (χ0n) is 10.8. The van der Waals surface area contributed by atoms with E-state index in [4.69, 9.17) is 0 Å². The fourth-order valence-corrected chi connectivity index (χ4v) is 1.56. The predicted octanol–water partition coefficient (Wildman–Crippen LogP) is 1.48. The molecule has 0 bridgehead atoms. The molecule has 0 aliphatic carbocycles. The van der Waals surface area contributed by atoms with Crippen LogP contribution in [-0.2, 0) is 16.1 Å². The number of esters is 1. The second-order valence-corrected chi connectivity index (χ2v) is 4.24. The number of ether oxygens (including phenoxy) is 1. The average Bonchev–Trinajstić information content (AvgIpc) is 2.30. The smallest absolute Gasteiger partial charge is 0.339 e. The van der Waals surface area contributed by atoms with E-state index in [-0.39, 0.29) is 12.2 Å². The van der Waals surface area contributed by atoms with Gasteiger partial charge in [0.15, 0.2) is 6.10 Å². The third-order valence-corrected chi connectivity index (χ3v) is 2.39. The number of aliphatic hydroxyl groups is 1. The molecule has 18 heavy (non-hydrogen) atoms. The normalized spacial score (nSPS) is 12.6. The minimum Gasteiger partial charge on any atom is -0.464 e. The van der Waals surface area contributed by atoms with Crippen molar-refractivity contribution >= 4 is 5.97 Å². The molecule has 100 valence electrons. The summed E-state index contributed by atoms with van der Waals surface area (Å²) in [6.07, 6.45) is -1.44. The summed E-state index contributed by atoms with van der Waals surface area (Å²) < 4.78 is 18.4. The summed E-state index contributed by atoms with van der Waals surface area (Å²) >= 11 is 0. The molecule has 0 fully saturated rings. The Morgan fingerprint density at radius 1 is 1.50 bits per heavy atom. The van der Waals surface area contributed by atoms with Crippen molar-refractivity contribution in [2.75, 3.05) is 20.7 Å². The summed E-state index contributed by atoms with van der Waals surface area (Å²) in [7, 11) is 3.67. The molecular weight excluding hydrogens is 237 g/mol. The molecule has 0 saturated heterocycles. The Balaban J connectivity index is 2.86. The number of halogens is 1. The van der Waals surface area contributed by atoms with Crippen molar-refractivity contribution < 1.29 is 19.0 Å². The summed E-state index contributed by atoms with van der Waals surface area (Å²) in [5.74, 6) is -1.21. The summed E-state index contributed by atoms with van der Waals surface area (Å²) in [6.45, 7) is 2.28. The lowest BCUT2D eigenvalue weighted by molar-refractivity contribution is -0.153. The van der Waals surface area contributed by atoms with Gasteiger partial charge in [0.1, 0.15) is 5.82 Å². The number of carbonyl (C=O) groups is 1. The molecule has 0 aliphatic rings. The molecule has 1 aromatic carbocycles. The first-order chi connectivity index (χ1) is 8.45. The Kier molecular flexibility index (Phi) is 5.25. The van der Waals surface area contributed by atoms with Gasteiger partial charge in [0.05, 0.1) is 6.61 Å². The molecule has 0 aromatic heterocycles. The van der Waals surface area contributed by atoms with E-state index in [1.54, 1.807) is 13.0 Å². The van der Waals surface area contributed by atoms with E-state index in [0.717, 1.165) is 0 Å². The molecule has 0 saturated carbocycles. The quantitative estimate of drug-likeness (QED) is 0.810. The molecule has 0 spiro atoms. The first-order valence-corrected chi connectivity index (χ1v) is 5.73. The fraction of sp³-hybridized carbons (Fsp3) is 0.462. The predicted molar refractivity (Wildman–Crippen MR) is 65.4 cm³/mol. The topological polar surface area (TPSA) is 49.8 Å². The Morgan fingerprint density at radius 2 is 2.17 bits per heavy atom. The zero-order valence-corrected chi connectivity index (χ0v) is 10.8. The van der Waals surface area contributed by atoms with Gasteiger partial charge in [-0.15, -0.1) is 0 Å². The van der Waals surface area contributed by atoms with Crippen LogP contribution in [0.1, 0.15) is 24.2 Å². The first kappa shape index (κ1) is 14.6. The summed E-state index contributed by atoms with van der Waals surface area (Å²) in [4.78, 5) is 13.1. The second kappa shape index (κ2) is 6.47. The van der Waals surface area contributed by atoms with E-state index >= 15 is 0 Å². The van der Waals surface area contributed by atoms with Gasteiger partial charge in [-0.25, -0.2) is 9.18 Å². The van der Waals surface area contributed by atoms with Crippen LogP contribution in [0.25, 0.3) is 0 Å². The van der Waals surface area contributed by atoms with Crippen molar-refractivity contribution in [2.24, 2.45) is 0 Å². The molecule has 1 atom stereocenters. The molecule has 1 rings (SSSR count). The van der Waals surface area contributed by atoms with Gasteiger partial charge in [-0.1, -0.05) is 12.1 Å². The molecule has 0 aliphatic heterocycles. The van der Waals surface area contributed by atoms with Gasteiger partial charge in [-0.3, -0.25) is 0 Å². The minimum atomic E-state index is -1.44. The first-order valence-electron chi connectivity index (χ1n) is 5.73. The van der Waals surface area contributed by atoms with Crippen molar-refractivity contribution in [1.82, 2.24) is 4.90 Å². The van der Waals surface area contributed by atoms with Gasteiger partial charge < -0.3 is 14.7 Å². The van der Waals surface area contributed by atoms with Crippen LogP contribution in [-0.4, -0.2) is 36.7 Å². The van der Waals surface area contributed by atoms with E-state index < -0.39 is 17.9 Å². The highest BCUT2D eigenvalue weighted by Gasteiger charge is 2.19. The van der Waals surface area contributed by atoms with Gasteiger partial charge in [0, 0.05) is 12.1 Å². The standard InChI is InChI=1S/C13H18FNO3/c1-4-18-13(17)12(16)9-5-6-10(8-15(2)3)11(14)7-9/h5-7,12,16H,4,8H2,1-3H3. The zero-order chi connectivity index (χ0) is 13.7. The van der Waals surface area contributed by atoms with Gasteiger partial charge in [0.25, 0.3) is 0 Å². The van der Waals surface area contributed by atoms with Crippen LogP contribution in [0.15, 0.2) is 18.2 Å². The van der Waals surface area contributed by atoms with Crippen molar-refractivity contribution in [1.29, 1.82) is 0 Å². The summed E-state index contributed by atoms with van der Waals surface area (Å²) in [5, 5.41) is 9.67. The number of aliphatic hydroxyl groups excluding tert-OH is 1. The lowest BCUT2D eigenvalue weighted by Gasteiger charge is -2.13. The average molecular weight is 255 g/mol. The Hall–Kier alpha value is -1.46. The molecule has 1 aromatic rings. The molecule has 0 radical (unpaired) electrons. The molecule has 4 nitrogen and oxygen atoms in total. The number of benzene rings is 1. The Labute approximate surface area is 106 Å². The molecule has 0 amide bonds. The van der Waals surface area contributed by atoms with Crippen LogP contribution in [0, 0.1) is 5.82 Å². The second-order valence-electron chi connectivity index (χ2n) is 4.24. The van der Waals surface area contributed by atoms with E-state index in [0.29, 0.717) is 12.1 Å².